The summed E-state index contributed by atoms with van der Waals surface area (Å²) in [5.41, 5.74) is 5.48. The number of hydrogen-bond donors (Lipinski definition) is 2. The van der Waals surface area contributed by atoms with E-state index in [9.17, 15) is 23.1 Å². The standard InChI is InChI=1S/C12H15F3N2O2/c1-8-3-2-4-9(10(8)18)11(19)17(6-5-16)7-12(13,14)15/h2-4,18H,5-7,16H2,1H3. The number of aromatic hydroxyl groups is 1. The van der Waals surface area contributed by atoms with Gasteiger partial charge in [0.05, 0.1) is 5.56 Å². The Morgan fingerprint density at radius 1 is 1.42 bits per heavy atom. The molecule has 0 bridgehead atoms. The molecule has 0 atom stereocenters. The molecule has 1 aromatic rings. The van der Waals surface area contributed by atoms with Crippen LogP contribution in [0.2, 0.25) is 0 Å². The van der Waals surface area contributed by atoms with Crippen LogP contribution in [-0.4, -0.2) is 41.7 Å². The van der Waals surface area contributed by atoms with Gasteiger partial charge in [0, 0.05) is 13.1 Å². The number of carbonyl (C=O) groups is 1. The van der Waals surface area contributed by atoms with E-state index in [0.29, 0.717) is 10.5 Å². The Hall–Kier alpha value is -1.76. The molecule has 0 saturated carbocycles. The van der Waals surface area contributed by atoms with Gasteiger partial charge < -0.3 is 15.7 Å². The molecule has 1 rings (SSSR count). The second-order valence-corrected chi connectivity index (χ2v) is 4.10. The molecule has 0 aliphatic heterocycles. The van der Waals surface area contributed by atoms with Crippen LogP contribution in [0.15, 0.2) is 18.2 Å². The summed E-state index contributed by atoms with van der Waals surface area (Å²) in [6, 6.07) is 4.34. The highest BCUT2D eigenvalue weighted by Crippen LogP contribution is 2.24. The average Bonchev–Trinajstić information content (AvgIpc) is 2.30. The minimum absolute atomic E-state index is 0.0889. The maximum Gasteiger partial charge on any atom is 0.406 e. The van der Waals surface area contributed by atoms with E-state index in [4.69, 9.17) is 5.73 Å². The van der Waals surface area contributed by atoms with Gasteiger partial charge in [0.2, 0.25) is 0 Å². The summed E-state index contributed by atoms with van der Waals surface area (Å²) in [6.45, 7) is -0.153. The topological polar surface area (TPSA) is 66.6 Å². The minimum Gasteiger partial charge on any atom is -0.507 e. The Bertz CT molecular complexity index is 461. The van der Waals surface area contributed by atoms with Crippen molar-refractivity contribution in [1.29, 1.82) is 0 Å². The van der Waals surface area contributed by atoms with Crippen LogP contribution in [0.4, 0.5) is 13.2 Å². The molecule has 3 N–H and O–H groups in total. The van der Waals surface area contributed by atoms with Crippen LogP contribution in [0, 0.1) is 6.92 Å². The van der Waals surface area contributed by atoms with Crippen LogP contribution in [0.25, 0.3) is 0 Å². The summed E-state index contributed by atoms with van der Waals surface area (Å²) in [5.74, 6) is -1.19. The highest BCUT2D eigenvalue weighted by molar-refractivity contribution is 5.97. The lowest BCUT2D eigenvalue weighted by atomic mass is 10.1. The predicted octanol–water partition coefficient (Wildman–Crippen LogP) is 1.66. The van der Waals surface area contributed by atoms with Crippen molar-refractivity contribution in [2.24, 2.45) is 5.73 Å². The smallest absolute Gasteiger partial charge is 0.406 e. The van der Waals surface area contributed by atoms with Gasteiger partial charge in [-0.3, -0.25) is 4.79 Å². The number of halogens is 3. The summed E-state index contributed by atoms with van der Waals surface area (Å²) in [5, 5.41) is 9.72. The van der Waals surface area contributed by atoms with Crippen molar-refractivity contribution in [2.75, 3.05) is 19.6 Å². The number of amides is 1. The number of aryl methyl sites for hydroxylation is 1. The van der Waals surface area contributed by atoms with E-state index in [1.165, 1.54) is 12.1 Å². The summed E-state index contributed by atoms with van der Waals surface area (Å²) >= 11 is 0. The van der Waals surface area contributed by atoms with Crippen molar-refractivity contribution in [3.05, 3.63) is 29.3 Å². The fraction of sp³-hybridized carbons (Fsp3) is 0.417. The highest BCUT2D eigenvalue weighted by atomic mass is 19.4. The van der Waals surface area contributed by atoms with Crippen molar-refractivity contribution in [2.45, 2.75) is 13.1 Å². The van der Waals surface area contributed by atoms with Crippen LogP contribution in [0.3, 0.4) is 0 Å². The fourth-order valence-corrected chi connectivity index (χ4v) is 1.63. The van der Waals surface area contributed by atoms with E-state index in [1.807, 2.05) is 0 Å². The number of rotatable bonds is 4. The first-order valence-corrected chi connectivity index (χ1v) is 5.61. The quantitative estimate of drug-likeness (QED) is 0.879. The Kier molecular flexibility index (Phi) is 4.77. The minimum atomic E-state index is -4.51. The van der Waals surface area contributed by atoms with Gasteiger partial charge in [-0.1, -0.05) is 12.1 Å². The first-order valence-electron chi connectivity index (χ1n) is 5.61. The highest BCUT2D eigenvalue weighted by Gasteiger charge is 2.33. The van der Waals surface area contributed by atoms with E-state index < -0.39 is 18.6 Å². The molecule has 0 unspecified atom stereocenters. The third-order valence-electron chi connectivity index (χ3n) is 2.52. The molecule has 0 radical (unpaired) electrons. The van der Waals surface area contributed by atoms with Gasteiger partial charge in [0.1, 0.15) is 12.3 Å². The van der Waals surface area contributed by atoms with E-state index in [0.717, 1.165) is 0 Å². The number of nitrogens with two attached hydrogens (primary N) is 1. The van der Waals surface area contributed by atoms with Crippen LogP contribution >= 0.6 is 0 Å². The lowest BCUT2D eigenvalue weighted by Crippen LogP contribution is -2.41. The van der Waals surface area contributed by atoms with Gasteiger partial charge in [-0.2, -0.15) is 13.2 Å². The number of phenolic OH excluding ortho intramolecular Hbond substituents is 1. The van der Waals surface area contributed by atoms with E-state index in [-0.39, 0.29) is 24.4 Å². The second kappa shape index (κ2) is 5.92. The number of hydrogen-bond acceptors (Lipinski definition) is 3. The van der Waals surface area contributed by atoms with Crippen LogP contribution in [0.5, 0.6) is 5.75 Å². The first kappa shape index (κ1) is 15.3. The van der Waals surface area contributed by atoms with Gasteiger partial charge in [-0.25, -0.2) is 0 Å². The van der Waals surface area contributed by atoms with Gasteiger partial charge in [-0.05, 0) is 18.6 Å². The monoisotopic (exact) mass is 276 g/mol. The normalized spacial score (nSPS) is 11.4. The number of phenols is 1. The zero-order valence-corrected chi connectivity index (χ0v) is 10.4. The largest absolute Gasteiger partial charge is 0.507 e. The zero-order valence-electron chi connectivity index (χ0n) is 10.4. The SMILES string of the molecule is Cc1cccc(C(=O)N(CCN)CC(F)(F)F)c1O. The summed E-state index contributed by atoms with van der Waals surface area (Å²) < 4.78 is 37.2. The van der Waals surface area contributed by atoms with Gasteiger partial charge in [-0.15, -0.1) is 0 Å². The Morgan fingerprint density at radius 2 is 2.05 bits per heavy atom. The lowest BCUT2D eigenvalue weighted by molar-refractivity contribution is -0.140. The molecule has 4 nitrogen and oxygen atoms in total. The van der Waals surface area contributed by atoms with E-state index in [1.54, 1.807) is 13.0 Å². The number of alkyl halides is 3. The van der Waals surface area contributed by atoms with Crippen molar-refractivity contribution in [3.63, 3.8) is 0 Å². The van der Waals surface area contributed by atoms with Crippen molar-refractivity contribution in [1.82, 2.24) is 4.90 Å². The van der Waals surface area contributed by atoms with Crippen molar-refractivity contribution in [3.8, 4) is 5.75 Å². The van der Waals surface area contributed by atoms with Gasteiger partial charge in [0.25, 0.3) is 5.91 Å². The fourth-order valence-electron chi connectivity index (χ4n) is 1.63. The summed E-state index contributed by atoms with van der Waals surface area (Å²) in [6.07, 6.45) is -4.51. The molecule has 0 saturated heterocycles. The molecule has 0 aromatic heterocycles. The predicted molar refractivity (Wildman–Crippen MR) is 63.9 cm³/mol. The number of benzene rings is 1. The van der Waals surface area contributed by atoms with Crippen molar-refractivity contribution >= 4 is 5.91 Å². The molecule has 106 valence electrons. The average molecular weight is 276 g/mol. The van der Waals surface area contributed by atoms with Gasteiger partial charge in [0.15, 0.2) is 0 Å². The first-order chi connectivity index (χ1) is 8.76. The molecule has 19 heavy (non-hydrogen) atoms. The second-order valence-electron chi connectivity index (χ2n) is 4.10. The Labute approximate surface area is 108 Å². The molecular weight excluding hydrogens is 261 g/mol. The third-order valence-corrected chi connectivity index (χ3v) is 2.52. The van der Waals surface area contributed by atoms with Crippen LogP contribution in [-0.2, 0) is 0 Å². The Balaban J connectivity index is 3.02. The van der Waals surface area contributed by atoms with Crippen LogP contribution in [0.1, 0.15) is 15.9 Å². The number of para-hydroxylation sites is 1. The summed E-state index contributed by atoms with van der Waals surface area (Å²) in [4.78, 5) is 12.6. The summed E-state index contributed by atoms with van der Waals surface area (Å²) in [7, 11) is 0. The van der Waals surface area contributed by atoms with Gasteiger partial charge >= 0.3 is 6.18 Å². The number of nitrogens with zero attached hydrogens (tertiary/aromatic N) is 1. The molecule has 0 fully saturated rings. The van der Waals surface area contributed by atoms with Crippen molar-refractivity contribution < 1.29 is 23.1 Å². The lowest BCUT2D eigenvalue weighted by Gasteiger charge is -2.23. The molecule has 7 heteroatoms. The Morgan fingerprint density at radius 3 is 2.58 bits per heavy atom. The molecular formula is C12H15F3N2O2. The molecule has 1 aromatic carbocycles. The molecule has 0 heterocycles. The van der Waals surface area contributed by atoms with E-state index >= 15 is 0 Å². The zero-order chi connectivity index (χ0) is 14.6. The van der Waals surface area contributed by atoms with Crippen LogP contribution < -0.4 is 5.73 Å². The maximum atomic E-state index is 12.4. The maximum absolute atomic E-state index is 12.4. The molecule has 0 aliphatic rings. The number of carbonyl (C=O) groups excluding carboxylic acids is 1. The molecule has 1 amide bonds. The molecule has 0 aliphatic carbocycles. The third kappa shape index (κ3) is 4.13. The van der Waals surface area contributed by atoms with E-state index in [2.05, 4.69) is 0 Å². The molecule has 0 spiro atoms.